The molecule has 0 aromatic heterocycles. The minimum Gasteiger partial charge on any atom is -0.464 e. The molecule has 78 valence electrons. The van der Waals surface area contributed by atoms with Crippen LogP contribution in [0, 0.1) is 11.3 Å². The normalized spacial score (nSPS) is 11.2. The molecule has 1 unspecified atom stereocenters. The van der Waals surface area contributed by atoms with E-state index in [1.807, 2.05) is 0 Å². The van der Waals surface area contributed by atoms with E-state index in [2.05, 4.69) is 14.8 Å². The Balaban J connectivity index is 4.10. The van der Waals surface area contributed by atoms with Crippen LogP contribution in [0.15, 0.2) is 0 Å². The lowest BCUT2D eigenvalue weighted by Crippen LogP contribution is -2.42. The van der Waals surface area contributed by atoms with Gasteiger partial charge in [0.1, 0.15) is 6.61 Å². The Morgan fingerprint density at radius 2 is 2.21 bits per heavy atom. The summed E-state index contributed by atoms with van der Waals surface area (Å²) in [6.45, 7) is 1.58. The molecule has 0 rings (SSSR count). The van der Waals surface area contributed by atoms with Gasteiger partial charge >= 0.3 is 5.97 Å². The van der Waals surface area contributed by atoms with E-state index in [-0.39, 0.29) is 13.2 Å². The minimum atomic E-state index is -1.27. The molecule has 0 aliphatic rings. The van der Waals surface area contributed by atoms with Crippen molar-refractivity contribution in [1.82, 2.24) is 5.32 Å². The van der Waals surface area contributed by atoms with Gasteiger partial charge in [-0.15, -0.1) is 0 Å². The zero-order valence-electron chi connectivity index (χ0n) is 8.07. The Morgan fingerprint density at radius 3 is 2.64 bits per heavy atom. The van der Waals surface area contributed by atoms with E-state index in [1.54, 1.807) is 13.0 Å². The highest BCUT2D eigenvalue weighted by Crippen LogP contribution is 1.88. The topological polar surface area (TPSA) is 88.4 Å². The summed E-state index contributed by atoms with van der Waals surface area (Å²) in [5, 5.41) is 10.7. The summed E-state index contributed by atoms with van der Waals surface area (Å²) in [4.78, 5) is 21.9. The molecule has 0 radical (unpaired) electrons. The molecule has 0 spiro atoms. The number of methoxy groups -OCH3 is 1. The molecular weight excluding hydrogens is 188 g/mol. The third-order valence-corrected chi connectivity index (χ3v) is 1.23. The van der Waals surface area contributed by atoms with E-state index < -0.39 is 17.9 Å². The molecule has 0 aromatic rings. The summed E-state index contributed by atoms with van der Waals surface area (Å²) in [6.07, 6.45) is 0. The largest absolute Gasteiger partial charge is 0.464 e. The molecule has 0 saturated heterocycles. The lowest BCUT2D eigenvalue weighted by Gasteiger charge is -2.09. The number of carbonyl (C=O) groups is 2. The van der Waals surface area contributed by atoms with Crippen LogP contribution in [-0.2, 0) is 19.1 Å². The van der Waals surface area contributed by atoms with Gasteiger partial charge < -0.3 is 14.8 Å². The average Bonchev–Trinajstić information content (AvgIpc) is 2.15. The summed E-state index contributed by atoms with van der Waals surface area (Å²) in [5.74, 6) is -1.30. The van der Waals surface area contributed by atoms with Crippen LogP contribution in [0.2, 0.25) is 0 Å². The number of nitriles is 1. The van der Waals surface area contributed by atoms with Gasteiger partial charge in [-0.05, 0) is 6.92 Å². The molecule has 0 aromatic carbocycles. The van der Waals surface area contributed by atoms with Gasteiger partial charge in [0.25, 0.3) is 0 Å². The molecule has 6 heteroatoms. The zero-order valence-corrected chi connectivity index (χ0v) is 8.07. The van der Waals surface area contributed by atoms with Gasteiger partial charge in [0, 0.05) is 7.11 Å². The SMILES string of the molecule is CCOC(=O)C(C#N)NC(=O)COC. The summed E-state index contributed by atoms with van der Waals surface area (Å²) in [6, 6.07) is 0.348. The standard InChI is InChI=1S/C8H12N2O4/c1-3-14-8(12)6(4-9)10-7(11)5-13-2/h6H,3,5H2,1-2H3,(H,10,11). The fraction of sp³-hybridized carbons (Fsp3) is 0.625. The van der Waals surface area contributed by atoms with Gasteiger partial charge in [0.2, 0.25) is 11.9 Å². The van der Waals surface area contributed by atoms with Crippen molar-refractivity contribution in [1.29, 1.82) is 5.26 Å². The molecule has 0 fully saturated rings. The first-order valence-electron chi connectivity index (χ1n) is 4.00. The first-order chi connectivity index (χ1) is 6.65. The highest BCUT2D eigenvalue weighted by molar-refractivity contribution is 5.87. The predicted octanol–water partition coefficient (Wildman–Crippen LogP) is -0.796. The lowest BCUT2D eigenvalue weighted by atomic mass is 10.3. The zero-order chi connectivity index (χ0) is 11.0. The van der Waals surface area contributed by atoms with Crippen molar-refractivity contribution >= 4 is 11.9 Å². The molecule has 0 bridgehead atoms. The number of hydrogen-bond acceptors (Lipinski definition) is 5. The number of nitrogens with zero attached hydrogens (tertiary/aromatic N) is 1. The van der Waals surface area contributed by atoms with Crippen LogP contribution in [0.3, 0.4) is 0 Å². The summed E-state index contributed by atoms with van der Waals surface area (Å²) >= 11 is 0. The van der Waals surface area contributed by atoms with Gasteiger partial charge in [-0.25, -0.2) is 4.79 Å². The quantitative estimate of drug-likeness (QED) is 0.587. The van der Waals surface area contributed by atoms with Crippen LogP contribution in [0.25, 0.3) is 0 Å². The maximum atomic E-state index is 11.0. The van der Waals surface area contributed by atoms with E-state index in [0.29, 0.717) is 0 Å². The van der Waals surface area contributed by atoms with Crippen molar-refractivity contribution in [3.8, 4) is 6.07 Å². The van der Waals surface area contributed by atoms with Crippen LogP contribution < -0.4 is 5.32 Å². The number of nitrogens with one attached hydrogen (secondary N) is 1. The monoisotopic (exact) mass is 200 g/mol. The van der Waals surface area contributed by atoms with Crippen LogP contribution in [0.4, 0.5) is 0 Å². The van der Waals surface area contributed by atoms with Crippen molar-refractivity contribution in [2.45, 2.75) is 13.0 Å². The van der Waals surface area contributed by atoms with Gasteiger partial charge in [-0.2, -0.15) is 5.26 Å². The second-order valence-electron chi connectivity index (χ2n) is 2.31. The van der Waals surface area contributed by atoms with Crippen LogP contribution in [-0.4, -0.2) is 38.2 Å². The first kappa shape index (κ1) is 12.4. The Hall–Kier alpha value is -1.61. The number of ether oxygens (including phenoxy) is 2. The predicted molar refractivity (Wildman–Crippen MR) is 46.1 cm³/mol. The van der Waals surface area contributed by atoms with Gasteiger partial charge in [-0.3, -0.25) is 4.79 Å². The second kappa shape index (κ2) is 6.86. The molecule has 0 saturated carbocycles. The highest BCUT2D eigenvalue weighted by Gasteiger charge is 2.20. The molecular formula is C8H12N2O4. The lowest BCUT2D eigenvalue weighted by molar-refractivity contribution is -0.146. The van der Waals surface area contributed by atoms with Gasteiger partial charge in [-0.1, -0.05) is 0 Å². The third kappa shape index (κ3) is 4.42. The molecule has 1 atom stereocenters. The molecule has 1 N–H and O–H groups in total. The maximum absolute atomic E-state index is 11.0. The molecule has 1 amide bonds. The molecule has 6 nitrogen and oxygen atoms in total. The van der Waals surface area contributed by atoms with Crippen molar-refractivity contribution < 1.29 is 19.1 Å². The first-order valence-corrected chi connectivity index (χ1v) is 4.00. The second-order valence-corrected chi connectivity index (χ2v) is 2.31. The Bertz CT molecular complexity index is 246. The minimum absolute atomic E-state index is 0.164. The van der Waals surface area contributed by atoms with Crippen molar-refractivity contribution in [3.05, 3.63) is 0 Å². The highest BCUT2D eigenvalue weighted by atomic mass is 16.5. The summed E-state index contributed by atoms with van der Waals surface area (Å²) in [7, 11) is 1.34. The fourth-order valence-electron chi connectivity index (χ4n) is 0.703. The Labute approximate surface area is 81.8 Å². The van der Waals surface area contributed by atoms with Crippen molar-refractivity contribution in [2.24, 2.45) is 0 Å². The molecule has 0 aliphatic carbocycles. The van der Waals surface area contributed by atoms with Crippen LogP contribution >= 0.6 is 0 Å². The van der Waals surface area contributed by atoms with E-state index >= 15 is 0 Å². The average molecular weight is 200 g/mol. The third-order valence-electron chi connectivity index (χ3n) is 1.23. The van der Waals surface area contributed by atoms with Crippen LogP contribution in [0.1, 0.15) is 6.92 Å². The van der Waals surface area contributed by atoms with E-state index in [1.165, 1.54) is 7.11 Å². The van der Waals surface area contributed by atoms with Gasteiger partial charge in [0.05, 0.1) is 12.7 Å². The maximum Gasteiger partial charge on any atom is 0.343 e. The van der Waals surface area contributed by atoms with Crippen molar-refractivity contribution in [2.75, 3.05) is 20.3 Å². The van der Waals surface area contributed by atoms with Crippen LogP contribution in [0.5, 0.6) is 0 Å². The molecule has 0 heterocycles. The Kier molecular flexibility index (Phi) is 6.07. The number of amides is 1. The smallest absolute Gasteiger partial charge is 0.343 e. The van der Waals surface area contributed by atoms with E-state index in [9.17, 15) is 9.59 Å². The van der Waals surface area contributed by atoms with Crippen molar-refractivity contribution in [3.63, 3.8) is 0 Å². The number of carbonyl (C=O) groups excluding carboxylic acids is 2. The summed E-state index contributed by atoms with van der Waals surface area (Å²) < 4.78 is 9.07. The van der Waals surface area contributed by atoms with E-state index in [4.69, 9.17) is 5.26 Å². The Morgan fingerprint density at radius 1 is 1.57 bits per heavy atom. The van der Waals surface area contributed by atoms with E-state index in [0.717, 1.165) is 0 Å². The summed E-state index contributed by atoms with van der Waals surface area (Å²) in [5.41, 5.74) is 0. The number of rotatable bonds is 5. The fourth-order valence-corrected chi connectivity index (χ4v) is 0.703. The molecule has 0 aliphatic heterocycles. The number of hydrogen-bond donors (Lipinski definition) is 1. The number of esters is 1. The van der Waals surface area contributed by atoms with Gasteiger partial charge in [0.15, 0.2) is 0 Å². The molecule has 14 heavy (non-hydrogen) atoms.